The van der Waals surface area contributed by atoms with Gasteiger partial charge in [-0.25, -0.2) is 4.85 Å². The van der Waals surface area contributed by atoms with Gasteiger partial charge in [-0.15, -0.1) is 0 Å². The number of hydrogen-bond donors (Lipinski definition) is 0. The minimum Gasteiger partial charge on any atom is -0.307 e. The maximum Gasteiger partial charge on any atom is 0.389 e. The Morgan fingerprint density at radius 2 is 1.63 bits per heavy atom. The Bertz CT molecular complexity index is 1350. The predicted octanol–water partition coefficient (Wildman–Crippen LogP) is 9.25. The largest absolute Gasteiger partial charge is 0.389 e. The highest BCUT2D eigenvalue weighted by molar-refractivity contribution is 6.03. The van der Waals surface area contributed by atoms with E-state index in [1.54, 1.807) is 0 Å². The molecule has 0 aromatic rings. The molecular formula is C36H48F3NO3. The lowest BCUT2D eigenvalue weighted by Crippen LogP contribution is -2.64. The van der Waals surface area contributed by atoms with Gasteiger partial charge < -0.3 is 4.79 Å². The fourth-order valence-electron chi connectivity index (χ4n) is 10.9. The first-order chi connectivity index (χ1) is 19.7. The topological polar surface area (TPSA) is 55.6 Å². The van der Waals surface area contributed by atoms with Crippen LogP contribution in [0.4, 0.5) is 13.2 Å². The number of nitrogens with zero attached hydrogens (tertiary/aromatic N) is 1. The smallest absolute Gasteiger partial charge is 0.307 e. The summed E-state index contributed by atoms with van der Waals surface area (Å²) in [4.78, 5) is 44.1. The Kier molecular flexibility index (Phi) is 7.39. The number of rotatable bonds is 5. The Morgan fingerprint density at radius 1 is 0.977 bits per heavy atom. The molecule has 0 aliphatic heterocycles. The van der Waals surface area contributed by atoms with E-state index in [-0.39, 0.29) is 68.9 Å². The standard InChI is InChI=1S/C36H48F3NO3/c1-30(2)15-17-35(13-9-22(41)10-14-36(37,38)39)18-16-34(7)28(23(35)20-30)25(42)19-27-32(5)21-24(40-8)29(43)31(3,4)26(32)11-12-33(27,34)6/h19,21,23,26,28H,9-18,20H2,1-7H3/t23-,26-,28-,32-,33+,34+,35+/m0/s1. The zero-order valence-corrected chi connectivity index (χ0v) is 27.0. The van der Waals surface area contributed by atoms with Gasteiger partial charge in [0.1, 0.15) is 5.78 Å². The van der Waals surface area contributed by atoms with E-state index in [0.717, 1.165) is 50.5 Å². The molecule has 5 aliphatic carbocycles. The molecule has 7 heteroatoms. The van der Waals surface area contributed by atoms with Crippen LogP contribution in [-0.2, 0) is 14.4 Å². The average Bonchev–Trinajstić information content (AvgIpc) is 2.89. The van der Waals surface area contributed by atoms with Gasteiger partial charge in [0.25, 0.3) is 0 Å². The summed E-state index contributed by atoms with van der Waals surface area (Å²) >= 11 is 0. The summed E-state index contributed by atoms with van der Waals surface area (Å²) in [6, 6.07) is 0. The number of ketones is 3. The number of hydrogen-bond acceptors (Lipinski definition) is 3. The summed E-state index contributed by atoms with van der Waals surface area (Å²) in [5, 5.41) is 0. The second kappa shape index (κ2) is 9.88. The summed E-state index contributed by atoms with van der Waals surface area (Å²) in [7, 11) is 0. The maximum atomic E-state index is 14.6. The van der Waals surface area contributed by atoms with Crippen molar-refractivity contribution in [2.24, 2.45) is 50.2 Å². The fourth-order valence-corrected chi connectivity index (χ4v) is 10.9. The average molecular weight is 600 g/mol. The normalized spacial score (nSPS) is 41.5. The highest BCUT2D eigenvalue weighted by Gasteiger charge is 2.69. The van der Waals surface area contributed by atoms with Crippen LogP contribution in [0.2, 0.25) is 0 Å². The van der Waals surface area contributed by atoms with Gasteiger partial charge >= 0.3 is 6.18 Å². The van der Waals surface area contributed by atoms with Crippen molar-refractivity contribution >= 4 is 17.3 Å². The van der Waals surface area contributed by atoms with Crippen LogP contribution in [0.3, 0.4) is 0 Å². The summed E-state index contributed by atoms with van der Waals surface area (Å²) in [5.74, 6) is -0.531. The second-order valence-corrected chi connectivity index (χ2v) is 16.7. The molecule has 7 atom stereocenters. The molecule has 0 radical (unpaired) electrons. The van der Waals surface area contributed by atoms with Crippen LogP contribution in [-0.4, -0.2) is 23.5 Å². The van der Waals surface area contributed by atoms with Gasteiger partial charge in [-0.3, -0.25) is 9.59 Å². The summed E-state index contributed by atoms with van der Waals surface area (Å²) in [6.07, 6.45) is 4.62. The van der Waals surface area contributed by atoms with Crippen molar-refractivity contribution in [1.82, 2.24) is 0 Å². The van der Waals surface area contributed by atoms with Crippen molar-refractivity contribution in [1.29, 1.82) is 0 Å². The molecule has 0 aromatic carbocycles. The van der Waals surface area contributed by atoms with Gasteiger partial charge in [-0.05, 0) is 90.9 Å². The lowest BCUT2D eigenvalue weighted by atomic mass is 9.34. The number of alkyl halides is 3. The maximum absolute atomic E-state index is 14.6. The Labute approximate surface area is 255 Å². The zero-order valence-electron chi connectivity index (χ0n) is 27.0. The summed E-state index contributed by atoms with van der Waals surface area (Å²) in [5.41, 5.74) is -0.925. The summed E-state index contributed by atoms with van der Waals surface area (Å²) < 4.78 is 38.4. The van der Waals surface area contributed by atoms with Gasteiger partial charge in [-0.2, -0.15) is 13.2 Å². The number of carbonyl (C=O) groups excluding carboxylic acids is 3. The number of Topliss-reactive ketones (excluding diaryl/α,β-unsaturated/α-hetero) is 2. The molecule has 0 saturated heterocycles. The van der Waals surface area contributed by atoms with Crippen LogP contribution in [0, 0.1) is 56.8 Å². The van der Waals surface area contributed by atoms with Crippen LogP contribution in [0.1, 0.15) is 119 Å². The molecule has 236 valence electrons. The van der Waals surface area contributed by atoms with Crippen LogP contribution in [0.15, 0.2) is 23.4 Å². The first-order valence-corrected chi connectivity index (χ1v) is 16.2. The molecule has 5 rings (SSSR count). The Balaban J connectivity index is 1.55. The molecule has 0 amide bonds. The first-order valence-electron chi connectivity index (χ1n) is 16.2. The minimum absolute atomic E-state index is 0.00993. The third-order valence-corrected chi connectivity index (χ3v) is 13.6. The van der Waals surface area contributed by atoms with Crippen LogP contribution in [0.25, 0.3) is 4.85 Å². The molecule has 0 heterocycles. The monoisotopic (exact) mass is 599 g/mol. The molecule has 0 bridgehead atoms. The van der Waals surface area contributed by atoms with Gasteiger partial charge in [-0.1, -0.05) is 60.1 Å². The van der Waals surface area contributed by atoms with Crippen LogP contribution in [0.5, 0.6) is 0 Å². The molecule has 43 heavy (non-hydrogen) atoms. The van der Waals surface area contributed by atoms with Crippen molar-refractivity contribution in [3.63, 3.8) is 0 Å². The van der Waals surface area contributed by atoms with E-state index in [1.165, 1.54) is 0 Å². The number of fused-ring (bicyclic) bond motifs is 7. The minimum atomic E-state index is -4.34. The van der Waals surface area contributed by atoms with E-state index in [4.69, 9.17) is 6.57 Å². The van der Waals surface area contributed by atoms with E-state index >= 15 is 0 Å². The van der Waals surface area contributed by atoms with Crippen molar-refractivity contribution in [2.45, 2.75) is 125 Å². The van der Waals surface area contributed by atoms with E-state index < -0.39 is 29.8 Å². The Hall–Kier alpha value is -2.23. The second-order valence-electron chi connectivity index (χ2n) is 16.7. The molecule has 5 aliphatic rings. The highest BCUT2D eigenvalue weighted by Crippen LogP contribution is 2.75. The van der Waals surface area contributed by atoms with Crippen LogP contribution < -0.4 is 0 Å². The molecule has 0 N–H and O–H groups in total. The lowest BCUT2D eigenvalue weighted by Gasteiger charge is -2.69. The molecule has 4 nitrogen and oxygen atoms in total. The highest BCUT2D eigenvalue weighted by atomic mass is 19.4. The zero-order chi connectivity index (χ0) is 32.0. The van der Waals surface area contributed by atoms with E-state index in [9.17, 15) is 27.6 Å². The third kappa shape index (κ3) is 4.80. The van der Waals surface area contributed by atoms with Crippen molar-refractivity contribution in [2.75, 3.05) is 0 Å². The van der Waals surface area contributed by atoms with Crippen molar-refractivity contribution in [3.05, 3.63) is 34.8 Å². The molecular weight excluding hydrogens is 551 g/mol. The SMILES string of the molecule is [C-]#[N+]C1=C[C@]2(C)C3=CC(=O)[C@@H]4[C@@H]5CC(C)(C)CC[C@]5(CCC(=O)CCC(F)(F)F)CC[C@@]4(C)[C@]3(C)CC[C@H]2C(C)(C)C1=O. The molecule has 0 spiro atoms. The van der Waals surface area contributed by atoms with E-state index in [2.05, 4.69) is 39.5 Å². The number of allylic oxidation sites excluding steroid dienone is 4. The molecule has 0 aromatic heterocycles. The molecule has 0 unspecified atom stereocenters. The predicted molar refractivity (Wildman–Crippen MR) is 159 cm³/mol. The number of halogens is 3. The van der Waals surface area contributed by atoms with Crippen LogP contribution >= 0.6 is 0 Å². The van der Waals surface area contributed by atoms with E-state index in [1.807, 2.05) is 26.0 Å². The number of carbonyl (C=O) groups is 3. The molecule has 3 saturated carbocycles. The quantitative estimate of drug-likeness (QED) is 0.296. The fraction of sp³-hybridized carbons (Fsp3) is 0.778. The van der Waals surface area contributed by atoms with Crippen molar-refractivity contribution < 1.29 is 27.6 Å². The molecule has 3 fully saturated rings. The first kappa shape index (κ1) is 32.2. The van der Waals surface area contributed by atoms with Gasteiger partial charge in [0.15, 0.2) is 11.6 Å². The van der Waals surface area contributed by atoms with Crippen molar-refractivity contribution in [3.8, 4) is 0 Å². The Morgan fingerprint density at radius 3 is 2.26 bits per heavy atom. The lowest BCUT2D eigenvalue weighted by molar-refractivity contribution is -0.173. The van der Waals surface area contributed by atoms with E-state index in [0.29, 0.717) is 6.42 Å². The van der Waals surface area contributed by atoms with Gasteiger partial charge in [0, 0.05) is 29.6 Å². The van der Waals surface area contributed by atoms with Gasteiger partial charge in [0.2, 0.25) is 5.70 Å². The third-order valence-electron chi connectivity index (χ3n) is 13.6. The summed E-state index contributed by atoms with van der Waals surface area (Å²) in [6.45, 7) is 22.9. The van der Waals surface area contributed by atoms with Gasteiger partial charge in [0.05, 0.1) is 13.0 Å².